The zero-order chi connectivity index (χ0) is 20.5. The lowest BCUT2D eigenvalue weighted by Gasteiger charge is -2.20. The molecule has 1 unspecified atom stereocenters. The van der Waals surface area contributed by atoms with E-state index in [4.69, 9.17) is 0 Å². The molecule has 8 nitrogen and oxygen atoms in total. The van der Waals surface area contributed by atoms with Crippen LogP contribution in [-0.2, 0) is 11.3 Å². The molecule has 150 valence electrons. The van der Waals surface area contributed by atoms with Gasteiger partial charge in [-0.05, 0) is 45.5 Å². The van der Waals surface area contributed by atoms with Crippen molar-refractivity contribution in [1.82, 2.24) is 24.8 Å². The normalized spacial score (nSPS) is 16.1. The van der Waals surface area contributed by atoms with Gasteiger partial charge in [0.25, 0.3) is 5.91 Å². The first-order chi connectivity index (χ1) is 14.7. The number of thiophene rings is 2. The predicted molar refractivity (Wildman–Crippen MR) is 115 cm³/mol. The summed E-state index contributed by atoms with van der Waals surface area (Å²) in [5.41, 5.74) is 0.998. The molecular weight excluding hydrogens is 420 g/mol. The van der Waals surface area contributed by atoms with Crippen molar-refractivity contribution in [1.29, 1.82) is 0 Å². The maximum Gasteiger partial charge on any atom is 0.368 e. The van der Waals surface area contributed by atoms with E-state index >= 15 is 0 Å². The molecule has 5 rings (SSSR count). The van der Waals surface area contributed by atoms with Gasteiger partial charge in [-0.25, -0.2) is 9.80 Å². The van der Waals surface area contributed by atoms with Crippen LogP contribution in [0.25, 0.3) is 5.69 Å². The Morgan fingerprint density at radius 2 is 1.80 bits per heavy atom. The van der Waals surface area contributed by atoms with Gasteiger partial charge in [-0.3, -0.25) is 4.79 Å². The summed E-state index contributed by atoms with van der Waals surface area (Å²) in [6.45, 7) is -0.227. The molecule has 0 N–H and O–H groups in total. The highest BCUT2D eigenvalue weighted by Crippen LogP contribution is 2.35. The van der Waals surface area contributed by atoms with Gasteiger partial charge < -0.3 is 0 Å². The van der Waals surface area contributed by atoms with Crippen LogP contribution in [0.5, 0.6) is 0 Å². The number of tetrazole rings is 1. The molecule has 10 heteroatoms. The molecule has 3 aromatic heterocycles. The van der Waals surface area contributed by atoms with Crippen LogP contribution in [-0.4, -0.2) is 36.4 Å². The second-order valence-corrected chi connectivity index (χ2v) is 8.59. The number of benzene rings is 1. The van der Waals surface area contributed by atoms with Crippen LogP contribution in [0.4, 0.5) is 0 Å². The largest absolute Gasteiger partial charge is 0.368 e. The van der Waals surface area contributed by atoms with Gasteiger partial charge in [0.2, 0.25) is 0 Å². The second-order valence-electron chi connectivity index (χ2n) is 6.66. The van der Waals surface area contributed by atoms with E-state index in [1.807, 2.05) is 53.2 Å². The SMILES string of the molecule is O=C(Cn1nnn(-c2ccccc2)c1=O)N1N=C(c2cccs2)CC1c1cccs1. The van der Waals surface area contributed by atoms with Crippen LogP contribution in [0.1, 0.15) is 22.2 Å². The van der Waals surface area contributed by atoms with E-state index in [-0.39, 0.29) is 18.5 Å². The summed E-state index contributed by atoms with van der Waals surface area (Å²) in [6, 6.07) is 16.7. The minimum Gasteiger partial charge on any atom is -0.271 e. The molecule has 0 saturated carbocycles. The highest BCUT2D eigenvalue weighted by atomic mass is 32.1. The Hall–Kier alpha value is -3.37. The summed E-state index contributed by atoms with van der Waals surface area (Å²) < 4.78 is 2.24. The van der Waals surface area contributed by atoms with Crippen molar-refractivity contribution in [2.45, 2.75) is 19.0 Å². The monoisotopic (exact) mass is 436 g/mol. The van der Waals surface area contributed by atoms with Gasteiger partial charge in [0.05, 0.1) is 22.3 Å². The third-order valence-electron chi connectivity index (χ3n) is 4.77. The molecule has 0 aliphatic carbocycles. The molecule has 0 saturated heterocycles. The van der Waals surface area contributed by atoms with Gasteiger partial charge in [0.1, 0.15) is 6.54 Å². The van der Waals surface area contributed by atoms with E-state index in [1.54, 1.807) is 34.8 Å². The molecule has 1 atom stereocenters. The molecule has 1 aliphatic heterocycles. The maximum atomic E-state index is 13.1. The van der Waals surface area contributed by atoms with Crippen LogP contribution in [0.15, 0.2) is 75.3 Å². The average molecular weight is 437 g/mol. The van der Waals surface area contributed by atoms with Crippen LogP contribution in [0.2, 0.25) is 0 Å². The summed E-state index contributed by atoms with van der Waals surface area (Å²) in [5.74, 6) is -0.304. The van der Waals surface area contributed by atoms with Crippen LogP contribution in [0.3, 0.4) is 0 Å². The van der Waals surface area contributed by atoms with Crippen LogP contribution >= 0.6 is 22.7 Å². The Labute approximate surface area is 179 Å². The average Bonchev–Trinajstić information content (AvgIpc) is 3.55. The second kappa shape index (κ2) is 7.81. The Bertz CT molecular complexity index is 1240. The number of hydrogen-bond acceptors (Lipinski definition) is 7. The lowest BCUT2D eigenvalue weighted by Crippen LogP contribution is -2.34. The van der Waals surface area contributed by atoms with Crippen molar-refractivity contribution in [2.24, 2.45) is 5.10 Å². The Kier molecular flexibility index (Phi) is 4.85. The molecular formula is C20H16N6O2S2. The Morgan fingerprint density at radius 3 is 2.53 bits per heavy atom. The topological polar surface area (TPSA) is 85.4 Å². The summed E-state index contributed by atoms with van der Waals surface area (Å²) >= 11 is 3.18. The van der Waals surface area contributed by atoms with E-state index in [0.717, 1.165) is 20.1 Å². The lowest BCUT2D eigenvalue weighted by molar-refractivity contribution is -0.133. The fourth-order valence-electron chi connectivity index (χ4n) is 3.34. The van der Waals surface area contributed by atoms with Crippen molar-refractivity contribution in [2.75, 3.05) is 0 Å². The van der Waals surface area contributed by atoms with Gasteiger partial charge >= 0.3 is 5.69 Å². The minimum absolute atomic E-state index is 0.186. The van der Waals surface area contributed by atoms with E-state index in [1.165, 1.54) is 9.69 Å². The van der Waals surface area contributed by atoms with Crippen LogP contribution in [0, 0.1) is 0 Å². The smallest absolute Gasteiger partial charge is 0.271 e. The predicted octanol–water partition coefficient (Wildman–Crippen LogP) is 2.93. The van der Waals surface area contributed by atoms with Gasteiger partial charge in [0.15, 0.2) is 0 Å². The number of nitrogens with zero attached hydrogens (tertiary/aromatic N) is 6. The summed E-state index contributed by atoms with van der Waals surface area (Å²) in [5, 5.41) is 17.9. The zero-order valence-electron chi connectivity index (χ0n) is 15.7. The fourth-order valence-corrected chi connectivity index (χ4v) is 4.87. The molecule has 0 bridgehead atoms. The number of para-hydroxylation sites is 1. The quantitative estimate of drug-likeness (QED) is 0.481. The third kappa shape index (κ3) is 3.40. The molecule has 0 radical (unpaired) electrons. The minimum atomic E-state index is -0.469. The standard InChI is InChI=1S/C20H16N6O2S2/c27-19(13-24-20(28)25(23-22-24)14-6-2-1-3-7-14)26-16(18-9-5-11-30-18)12-15(21-26)17-8-4-10-29-17/h1-11,16H,12-13H2. The van der Waals surface area contributed by atoms with Crippen LogP contribution < -0.4 is 5.69 Å². The Morgan fingerprint density at radius 1 is 1.00 bits per heavy atom. The molecule has 0 fully saturated rings. The van der Waals surface area contributed by atoms with Gasteiger partial charge in [-0.2, -0.15) is 14.5 Å². The summed E-state index contributed by atoms with van der Waals surface area (Å²) in [6.07, 6.45) is 0.637. The van der Waals surface area contributed by atoms with Crippen molar-refractivity contribution in [3.8, 4) is 5.69 Å². The molecule has 1 aromatic carbocycles. The van der Waals surface area contributed by atoms with Gasteiger partial charge in [0, 0.05) is 11.3 Å². The van der Waals surface area contributed by atoms with E-state index < -0.39 is 5.69 Å². The maximum absolute atomic E-state index is 13.1. The molecule has 4 aromatic rings. The first-order valence-corrected chi connectivity index (χ1v) is 11.0. The summed E-state index contributed by atoms with van der Waals surface area (Å²) in [7, 11) is 0. The number of amides is 1. The number of carbonyl (C=O) groups excluding carboxylic acids is 1. The molecule has 4 heterocycles. The number of aromatic nitrogens is 4. The number of hydrogen-bond donors (Lipinski definition) is 0. The molecule has 30 heavy (non-hydrogen) atoms. The number of rotatable bonds is 5. The fraction of sp³-hybridized carbons (Fsp3) is 0.150. The van der Waals surface area contributed by atoms with Gasteiger partial charge in [-0.15, -0.1) is 22.7 Å². The zero-order valence-corrected chi connectivity index (χ0v) is 17.3. The summed E-state index contributed by atoms with van der Waals surface area (Å²) in [4.78, 5) is 27.9. The van der Waals surface area contributed by atoms with Crippen molar-refractivity contribution < 1.29 is 4.79 Å². The molecule has 1 amide bonds. The molecule has 1 aliphatic rings. The van der Waals surface area contributed by atoms with Gasteiger partial charge in [-0.1, -0.05) is 30.3 Å². The Balaban J connectivity index is 1.43. The van der Waals surface area contributed by atoms with E-state index in [0.29, 0.717) is 12.1 Å². The lowest BCUT2D eigenvalue weighted by atomic mass is 10.1. The first kappa shape index (κ1) is 18.6. The van der Waals surface area contributed by atoms with Crippen molar-refractivity contribution in [3.05, 3.63) is 85.6 Å². The number of hydrazone groups is 1. The third-order valence-corrected chi connectivity index (χ3v) is 6.66. The first-order valence-electron chi connectivity index (χ1n) is 9.26. The number of carbonyl (C=O) groups is 1. The van der Waals surface area contributed by atoms with Crippen molar-refractivity contribution in [3.63, 3.8) is 0 Å². The van der Waals surface area contributed by atoms with E-state index in [9.17, 15) is 9.59 Å². The highest BCUT2D eigenvalue weighted by molar-refractivity contribution is 7.12. The van der Waals surface area contributed by atoms with E-state index in [2.05, 4.69) is 15.5 Å². The van der Waals surface area contributed by atoms with Crippen molar-refractivity contribution >= 4 is 34.3 Å². The highest BCUT2D eigenvalue weighted by Gasteiger charge is 2.34. The molecule has 0 spiro atoms.